The summed E-state index contributed by atoms with van der Waals surface area (Å²) in [4.78, 5) is 2.95. The molecule has 0 radical (unpaired) electrons. The van der Waals surface area contributed by atoms with Gasteiger partial charge in [0.1, 0.15) is 5.82 Å². The molecule has 0 bridgehead atoms. The van der Waals surface area contributed by atoms with Gasteiger partial charge in [-0.1, -0.05) is 12.1 Å². The number of H-pyrrole nitrogens is 1. The molecule has 0 fully saturated rings. The number of aromatic amines is 1. The van der Waals surface area contributed by atoms with Crippen LogP contribution in [0.3, 0.4) is 0 Å². The summed E-state index contributed by atoms with van der Waals surface area (Å²) in [6.07, 6.45) is 3.73. The van der Waals surface area contributed by atoms with Gasteiger partial charge in [0, 0.05) is 18.9 Å². The van der Waals surface area contributed by atoms with Crippen molar-refractivity contribution in [1.82, 2.24) is 4.98 Å². The van der Waals surface area contributed by atoms with Crippen LogP contribution in [0.5, 0.6) is 0 Å². The lowest BCUT2D eigenvalue weighted by atomic mass is 10.2. The zero-order chi connectivity index (χ0) is 9.80. The normalized spacial score (nSPS) is 10.1. The summed E-state index contributed by atoms with van der Waals surface area (Å²) >= 11 is 0. The number of halogens is 1. The van der Waals surface area contributed by atoms with Crippen LogP contribution in [0.1, 0.15) is 5.56 Å². The molecule has 0 spiro atoms. The van der Waals surface area contributed by atoms with Crippen LogP contribution >= 0.6 is 0 Å². The Hall–Kier alpha value is -1.77. The fraction of sp³-hybridized carbons (Fsp3) is 0.0909. The number of hydrogen-bond donors (Lipinski definition) is 2. The second-order valence-electron chi connectivity index (χ2n) is 3.08. The standard InChI is InChI=1S/C11H11FN2/c12-10-3-1-9(2-4-10)7-14-11-5-6-13-8-11/h1-6,8,13-14H,7H2. The van der Waals surface area contributed by atoms with Crippen molar-refractivity contribution in [2.75, 3.05) is 5.32 Å². The maximum absolute atomic E-state index is 12.6. The van der Waals surface area contributed by atoms with E-state index in [0.717, 1.165) is 11.3 Å². The Labute approximate surface area is 81.8 Å². The van der Waals surface area contributed by atoms with Crippen molar-refractivity contribution < 1.29 is 4.39 Å². The second kappa shape index (κ2) is 3.96. The molecule has 0 aliphatic heterocycles. The van der Waals surface area contributed by atoms with Crippen LogP contribution in [-0.4, -0.2) is 4.98 Å². The van der Waals surface area contributed by atoms with E-state index in [9.17, 15) is 4.39 Å². The lowest BCUT2D eigenvalue weighted by Gasteiger charge is -2.03. The largest absolute Gasteiger partial charge is 0.380 e. The van der Waals surface area contributed by atoms with Crippen molar-refractivity contribution in [2.24, 2.45) is 0 Å². The van der Waals surface area contributed by atoms with Gasteiger partial charge in [0.2, 0.25) is 0 Å². The molecule has 0 aliphatic carbocycles. The lowest BCUT2D eigenvalue weighted by Crippen LogP contribution is -1.97. The molecule has 0 amide bonds. The van der Waals surface area contributed by atoms with Gasteiger partial charge in [0.15, 0.2) is 0 Å². The highest BCUT2D eigenvalue weighted by Gasteiger charge is 1.94. The average molecular weight is 190 g/mol. The number of hydrogen-bond acceptors (Lipinski definition) is 1. The van der Waals surface area contributed by atoms with Crippen molar-refractivity contribution in [3.8, 4) is 0 Å². The molecule has 2 N–H and O–H groups in total. The summed E-state index contributed by atoms with van der Waals surface area (Å²) in [5.41, 5.74) is 2.10. The van der Waals surface area contributed by atoms with Crippen LogP contribution in [0.25, 0.3) is 0 Å². The monoisotopic (exact) mass is 190 g/mol. The quantitative estimate of drug-likeness (QED) is 0.765. The Balaban J connectivity index is 1.95. The molecular weight excluding hydrogens is 179 g/mol. The fourth-order valence-corrected chi connectivity index (χ4v) is 1.24. The van der Waals surface area contributed by atoms with Gasteiger partial charge in [-0.25, -0.2) is 4.39 Å². The highest BCUT2D eigenvalue weighted by atomic mass is 19.1. The molecule has 2 rings (SSSR count). The first kappa shape index (κ1) is 8.81. The Morgan fingerprint density at radius 2 is 1.93 bits per heavy atom. The van der Waals surface area contributed by atoms with Crippen LogP contribution < -0.4 is 5.32 Å². The first-order chi connectivity index (χ1) is 6.84. The van der Waals surface area contributed by atoms with Gasteiger partial charge in [-0.05, 0) is 23.8 Å². The summed E-state index contributed by atoms with van der Waals surface area (Å²) < 4.78 is 12.6. The summed E-state index contributed by atoms with van der Waals surface area (Å²) in [5, 5.41) is 3.21. The molecule has 0 unspecified atom stereocenters. The van der Waals surface area contributed by atoms with E-state index in [1.54, 1.807) is 12.1 Å². The Morgan fingerprint density at radius 1 is 1.14 bits per heavy atom. The molecule has 2 aromatic rings. The van der Waals surface area contributed by atoms with Gasteiger partial charge in [0.25, 0.3) is 0 Å². The molecular formula is C11H11FN2. The van der Waals surface area contributed by atoms with E-state index in [2.05, 4.69) is 10.3 Å². The van der Waals surface area contributed by atoms with Crippen LogP contribution in [0.15, 0.2) is 42.7 Å². The minimum atomic E-state index is -0.199. The van der Waals surface area contributed by atoms with E-state index in [-0.39, 0.29) is 5.82 Å². The van der Waals surface area contributed by atoms with Gasteiger partial charge in [-0.2, -0.15) is 0 Å². The molecule has 0 saturated carbocycles. The topological polar surface area (TPSA) is 27.8 Å². The minimum Gasteiger partial charge on any atom is -0.380 e. The maximum Gasteiger partial charge on any atom is 0.123 e. The molecule has 0 aliphatic rings. The average Bonchev–Trinajstić information content (AvgIpc) is 2.70. The molecule has 1 aromatic carbocycles. The van der Waals surface area contributed by atoms with E-state index < -0.39 is 0 Å². The van der Waals surface area contributed by atoms with Crippen molar-refractivity contribution in [2.45, 2.75) is 6.54 Å². The molecule has 1 heterocycles. The third kappa shape index (κ3) is 2.13. The van der Waals surface area contributed by atoms with Crippen molar-refractivity contribution in [3.05, 3.63) is 54.1 Å². The number of nitrogens with one attached hydrogen (secondary N) is 2. The molecule has 2 nitrogen and oxygen atoms in total. The lowest BCUT2D eigenvalue weighted by molar-refractivity contribution is 0.627. The highest BCUT2D eigenvalue weighted by molar-refractivity contribution is 5.41. The van der Waals surface area contributed by atoms with E-state index in [0.29, 0.717) is 6.54 Å². The maximum atomic E-state index is 12.6. The summed E-state index contributed by atoms with van der Waals surface area (Å²) in [6.45, 7) is 0.706. The molecule has 0 atom stereocenters. The van der Waals surface area contributed by atoms with Crippen LogP contribution in [0.2, 0.25) is 0 Å². The third-order valence-corrected chi connectivity index (χ3v) is 2.01. The van der Waals surface area contributed by atoms with E-state index in [1.165, 1.54) is 12.1 Å². The van der Waals surface area contributed by atoms with Gasteiger partial charge in [-0.3, -0.25) is 0 Å². The summed E-state index contributed by atoms with van der Waals surface area (Å²) in [5.74, 6) is -0.199. The highest BCUT2D eigenvalue weighted by Crippen LogP contribution is 2.08. The fourth-order valence-electron chi connectivity index (χ4n) is 1.24. The van der Waals surface area contributed by atoms with Gasteiger partial charge in [-0.15, -0.1) is 0 Å². The van der Waals surface area contributed by atoms with Gasteiger partial charge < -0.3 is 10.3 Å². The Kier molecular flexibility index (Phi) is 2.49. The number of benzene rings is 1. The van der Waals surface area contributed by atoms with Crippen LogP contribution in [0, 0.1) is 5.82 Å². The van der Waals surface area contributed by atoms with Crippen LogP contribution in [-0.2, 0) is 6.54 Å². The summed E-state index contributed by atoms with van der Waals surface area (Å²) in [6, 6.07) is 8.43. The first-order valence-corrected chi connectivity index (χ1v) is 4.46. The van der Waals surface area contributed by atoms with Gasteiger partial charge in [0.05, 0.1) is 5.69 Å². The predicted molar refractivity (Wildman–Crippen MR) is 54.5 cm³/mol. The van der Waals surface area contributed by atoms with Crippen molar-refractivity contribution in [1.29, 1.82) is 0 Å². The SMILES string of the molecule is Fc1ccc(CNc2cc[nH]c2)cc1. The molecule has 1 aromatic heterocycles. The number of rotatable bonds is 3. The third-order valence-electron chi connectivity index (χ3n) is 2.01. The Bertz CT molecular complexity index is 378. The summed E-state index contributed by atoms with van der Waals surface area (Å²) in [7, 11) is 0. The smallest absolute Gasteiger partial charge is 0.123 e. The first-order valence-electron chi connectivity index (χ1n) is 4.46. The zero-order valence-corrected chi connectivity index (χ0v) is 7.63. The number of aromatic nitrogens is 1. The van der Waals surface area contributed by atoms with Gasteiger partial charge >= 0.3 is 0 Å². The number of anilines is 1. The molecule has 14 heavy (non-hydrogen) atoms. The predicted octanol–water partition coefficient (Wildman–Crippen LogP) is 2.77. The minimum absolute atomic E-state index is 0.199. The Morgan fingerprint density at radius 3 is 2.57 bits per heavy atom. The van der Waals surface area contributed by atoms with E-state index in [1.807, 2.05) is 18.5 Å². The van der Waals surface area contributed by atoms with E-state index in [4.69, 9.17) is 0 Å². The van der Waals surface area contributed by atoms with E-state index >= 15 is 0 Å². The molecule has 3 heteroatoms. The molecule has 72 valence electrons. The van der Waals surface area contributed by atoms with Crippen molar-refractivity contribution in [3.63, 3.8) is 0 Å². The van der Waals surface area contributed by atoms with Crippen molar-refractivity contribution >= 4 is 5.69 Å². The van der Waals surface area contributed by atoms with Crippen LogP contribution in [0.4, 0.5) is 10.1 Å². The zero-order valence-electron chi connectivity index (χ0n) is 7.63. The molecule has 0 saturated heterocycles. The second-order valence-corrected chi connectivity index (χ2v) is 3.08.